The van der Waals surface area contributed by atoms with Crippen molar-refractivity contribution in [3.05, 3.63) is 11.4 Å². The van der Waals surface area contributed by atoms with Gasteiger partial charge in [-0.1, -0.05) is 103 Å². The second-order valence-electron chi connectivity index (χ2n) is 6.97. The van der Waals surface area contributed by atoms with Crippen LogP contribution in [0.1, 0.15) is 110 Å². The van der Waals surface area contributed by atoms with Crippen LogP contribution in [-0.2, 0) is 4.79 Å². The highest BCUT2D eigenvalue weighted by atomic mass is 16.1. The van der Waals surface area contributed by atoms with Crippen molar-refractivity contribution in [2.75, 3.05) is 13.1 Å². The summed E-state index contributed by atoms with van der Waals surface area (Å²) in [4.78, 5) is 14.1. The van der Waals surface area contributed by atoms with Crippen LogP contribution in [0.15, 0.2) is 0 Å². The molecule has 24 heavy (non-hydrogen) atoms. The molecular weight excluding hydrogens is 296 g/mol. The van der Waals surface area contributed by atoms with Gasteiger partial charge in [-0.3, -0.25) is 4.79 Å². The Morgan fingerprint density at radius 3 is 1.46 bits per heavy atom. The number of nitrogens with zero attached hydrogens (tertiary/aromatic N) is 1. The Labute approximate surface area is 150 Å². The van der Waals surface area contributed by atoms with Gasteiger partial charge in [0.25, 0.3) is 12.5 Å². The summed E-state index contributed by atoms with van der Waals surface area (Å²) >= 11 is 0. The maximum Gasteiger partial charge on any atom is 0.300 e. The molecule has 0 fully saturated rings. The number of amides is 1. The number of hydrogen-bond donors (Lipinski definition) is 1. The lowest BCUT2D eigenvalue weighted by Gasteiger charge is -2.04. The van der Waals surface area contributed by atoms with Gasteiger partial charge in [0.05, 0.1) is 0 Å². The lowest BCUT2D eigenvalue weighted by Crippen LogP contribution is -2.25. The van der Waals surface area contributed by atoms with Crippen LogP contribution in [0.5, 0.6) is 0 Å². The molecule has 1 N–H and O–H groups in total. The minimum atomic E-state index is -0.133. The fraction of sp³-hybridized carbons (Fsp3) is 0.905. The van der Waals surface area contributed by atoms with Crippen LogP contribution >= 0.6 is 0 Å². The van der Waals surface area contributed by atoms with E-state index in [0.29, 0.717) is 0 Å². The fourth-order valence-corrected chi connectivity index (χ4v) is 3.03. The Morgan fingerprint density at radius 1 is 0.708 bits per heavy atom. The summed E-state index contributed by atoms with van der Waals surface area (Å²) in [6.07, 6.45) is 21.8. The van der Waals surface area contributed by atoms with Gasteiger partial charge in [-0.15, -0.1) is 0 Å². The quantitative estimate of drug-likeness (QED) is 0.232. The predicted molar refractivity (Wildman–Crippen MR) is 104 cm³/mol. The van der Waals surface area contributed by atoms with E-state index in [1.165, 1.54) is 96.3 Å². The third-order valence-corrected chi connectivity index (χ3v) is 4.58. The average molecular weight is 337 g/mol. The van der Waals surface area contributed by atoms with E-state index in [2.05, 4.69) is 17.1 Å². The molecule has 0 aliphatic heterocycles. The summed E-state index contributed by atoms with van der Waals surface area (Å²) < 4.78 is 0. The second-order valence-corrected chi connectivity index (χ2v) is 6.97. The molecule has 0 saturated carbocycles. The predicted octanol–water partition coefficient (Wildman–Crippen LogP) is 6.28. The zero-order valence-corrected chi connectivity index (χ0v) is 16.1. The molecule has 0 aromatic heterocycles. The molecule has 140 valence electrons. The van der Waals surface area contributed by atoms with Gasteiger partial charge in [0.2, 0.25) is 0 Å². The van der Waals surface area contributed by atoms with Crippen molar-refractivity contribution >= 4 is 5.91 Å². The lowest BCUT2D eigenvalue weighted by molar-refractivity contribution is -0.119. The van der Waals surface area contributed by atoms with Gasteiger partial charge in [0.15, 0.2) is 0 Å². The van der Waals surface area contributed by atoms with Gasteiger partial charge < -0.3 is 10.2 Å². The molecule has 0 aliphatic carbocycles. The monoisotopic (exact) mass is 336 g/mol. The molecule has 0 aromatic carbocycles. The minimum absolute atomic E-state index is 0.0289. The van der Waals surface area contributed by atoms with Crippen molar-refractivity contribution < 1.29 is 4.79 Å². The third-order valence-electron chi connectivity index (χ3n) is 4.58. The molecule has 0 aliphatic rings. The fourth-order valence-electron chi connectivity index (χ4n) is 3.03. The Bertz CT molecular complexity index is 309. The van der Waals surface area contributed by atoms with Crippen LogP contribution in [-0.4, -0.2) is 19.0 Å². The maximum atomic E-state index is 11.1. The van der Waals surface area contributed by atoms with E-state index < -0.39 is 0 Å². The highest BCUT2D eigenvalue weighted by Crippen LogP contribution is 2.13. The largest absolute Gasteiger partial charge is 0.350 e. The van der Waals surface area contributed by atoms with E-state index in [1.54, 1.807) is 0 Å². The third kappa shape index (κ3) is 19.0. The van der Waals surface area contributed by atoms with Crippen molar-refractivity contribution in [3.63, 3.8) is 0 Å². The second kappa shape index (κ2) is 20.0. The van der Waals surface area contributed by atoms with Crippen molar-refractivity contribution in [2.45, 2.75) is 110 Å². The van der Waals surface area contributed by atoms with Crippen LogP contribution in [0.25, 0.3) is 4.85 Å². The molecule has 0 rings (SSSR count). The van der Waals surface area contributed by atoms with Crippen molar-refractivity contribution in [1.29, 1.82) is 0 Å². The first-order valence-electron chi connectivity index (χ1n) is 10.4. The van der Waals surface area contributed by atoms with Gasteiger partial charge in [-0.05, 0) is 6.42 Å². The molecule has 0 saturated heterocycles. The molecule has 3 heteroatoms. The number of hydrogen-bond acceptors (Lipinski definition) is 1. The molecule has 0 radical (unpaired) electrons. The van der Waals surface area contributed by atoms with Gasteiger partial charge in [0, 0.05) is 6.54 Å². The van der Waals surface area contributed by atoms with Crippen molar-refractivity contribution in [2.24, 2.45) is 0 Å². The van der Waals surface area contributed by atoms with Gasteiger partial charge >= 0.3 is 0 Å². The number of nitrogens with one attached hydrogen (secondary N) is 1. The molecule has 0 heterocycles. The summed E-state index contributed by atoms with van der Waals surface area (Å²) in [5.74, 6) is -0.133. The minimum Gasteiger partial charge on any atom is -0.350 e. The van der Waals surface area contributed by atoms with Gasteiger partial charge in [0.1, 0.15) is 0 Å². The van der Waals surface area contributed by atoms with E-state index in [1.807, 2.05) is 0 Å². The zero-order chi connectivity index (χ0) is 17.7. The zero-order valence-electron chi connectivity index (χ0n) is 16.1. The summed E-state index contributed by atoms with van der Waals surface area (Å²) in [5, 5.41) is 2.78. The summed E-state index contributed by atoms with van der Waals surface area (Å²) in [5.41, 5.74) is 0. The molecule has 0 atom stereocenters. The van der Waals surface area contributed by atoms with E-state index in [0.717, 1.165) is 13.0 Å². The number of rotatable bonds is 18. The van der Waals surface area contributed by atoms with Crippen molar-refractivity contribution in [1.82, 2.24) is 5.32 Å². The Kier molecular flexibility index (Phi) is 19.1. The van der Waals surface area contributed by atoms with Crippen LogP contribution in [0, 0.1) is 6.57 Å². The highest BCUT2D eigenvalue weighted by Gasteiger charge is 2.01. The number of carbonyl (C=O) groups excluding carboxylic acids is 1. The molecule has 0 unspecified atom stereocenters. The molecular formula is C21H40N2O. The normalized spacial score (nSPS) is 10.5. The maximum absolute atomic E-state index is 11.1. The number of carbonyl (C=O) groups is 1. The topological polar surface area (TPSA) is 33.5 Å². The number of unbranched alkanes of at least 4 members (excludes halogenated alkanes) is 15. The van der Waals surface area contributed by atoms with E-state index in [9.17, 15) is 4.79 Å². The molecule has 0 spiro atoms. The smallest absolute Gasteiger partial charge is 0.300 e. The molecule has 0 bridgehead atoms. The molecule has 0 aromatic rings. The summed E-state index contributed by atoms with van der Waals surface area (Å²) in [6.45, 7) is 9.58. The molecule has 1 amide bonds. The van der Waals surface area contributed by atoms with Crippen LogP contribution < -0.4 is 5.32 Å². The standard InChI is InChI=1S/C21H40N2O/c1-3-4-5-6-7-8-9-10-11-12-13-14-15-16-17-18-19-23-21(24)20-22-2/h3-20H2,1H3,(H,23,24). The molecule has 3 nitrogen and oxygen atoms in total. The van der Waals surface area contributed by atoms with Crippen molar-refractivity contribution in [3.8, 4) is 0 Å². The van der Waals surface area contributed by atoms with Crippen LogP contribution in [0.3, 0.4) is 0 Å². The highest BCUT2D eigenvalue weighted by molar-refractivity contribution is 5.79. The van der Waals surface area contributed by atoms with E-state index in [-0.39, 0.29) is 12.5 Å². The summed E-state index contributed by atoms with van der Waals surface area (Å²) in [6, 6.07) is 0. The Hall–Kier alpha value is -1.04. The Morgan fingerprint density at radius 2 is 1.08 bits per heavy atom. The van der Waals surface area contributed by atoms with Gasteiger partial charge in [-0.25, -0.2) is 6.57 Å². The van der Waals surface area contributed by atoms with E-state index in [4.69, 9.17) is 6.57 Å². The SMILES string of the molecule is [C-]#[N+]CC(=O)NCCCCCCCCCCCCCCCCCC. The lowest BCUT2D eigenvalue weighted by atomic mass is 10.0. The van der Waals surface area contributed by atoms with E-state index >= 15 is 0 Å². The van der Waals surface area contributed by atoms with Crippen LogP contribution in [0.2, 0.25) is 0 Å². The first-order chi connectivity index (χ1) is 11.8. The first-order valence-corrected chi connectivity index (χ1v) is 10.4. The van der Waals surface area contributed by atoms with Gasteiger partial charge in [-0.2, -0.15) is 0 Å². The van der Waals surface area contributed by atoms with Crippen LogP contribution in [0.4, 0.5) is 0 Å². The first kappa shape index (κ1) is 23.0. The average Bonchev–Trinajstić information content (AvgIpc) is 2.58. The summed E-state index contributed by atoms with van der Waals surface area (Å²) in [7, 11) is 0. The Balaban J connectivity index is 3.03.